The summed E-state index contributed by atoms with van der Waals surface area (Å²) in [6.45, 7) is 3.22. The molecule has 0 amide bonds. The molecule has 0 fully saturated rings. The number of ether oxygens (including phenoxy) is 1. The lowest BCUT2D eigenvalue weighted by Gasteiger charge is -2.31. The maximum atomic E-state index is 11.6. The van der Waals surface area contributed by atoms with E-state index >= 15 is 0 Å². The number of aryl methyl sites for hydroxylation is 1. The summed E-state index contributed by atoms with van der Waals surface area (Å²) in [6.07, 6.45) is 0. The van der Waals surface area contributed by atoms with Crippen molar-refractivity contribution in [1.82, 2.24) is 0 Å². The molecule has 0 atom stereocenters. The van der Waals surface area contributed by atoms with Crippen LogP contribution in [0, 0.1) is 6.92 Å². The van der Waals surface area contributed by atoms with Crippen molar-refractivity contribution >= 4 is 16.7 Å². The van der Waals surface area contributed by atoms with Gasteiger partial charge in [-0.15, -0.1) is 0 Å². The van der Waals surface area contributed by atoms with Gasteiger partial charge in [0.15, 0.2) is 6.73 Å². The quantitative estimate of drug-likeness (QED) is 0.644. The van der Waals surface area contributed by atoms with Crippen molar-refractivity contribution in [3.05, 3.63) is 70.1 Å². The maximum Gasteiger partial charge on any atom is 0.336 e. The van der Waals surface area contributed by atoms with E-state index in [1.165, 1.54) is 11.6 Å². The molecule has 0 radical (unpaired) electrons. The molecule has 0 unspecified atom stereocenters. The summed E-state index contributed by atoms with van der Waals surface area (Å²) in [4.78, 5) is 13.7. The van der Waals surface area contributed by atoms with E-state index in [2.05, 4.69) is 24.0 Å². The SMILES string of the molecule is Cc1ccccc1N1COc2ccc3ccc(=O)oc3c2C1. The lowest BCUT2D eigenvalue weighted by Crippen LogP contribution is -2.32. The van der Waals surface area contributed by atoms with Crippen molar-refractivity contribution in [2.24, 2.45) is 0 Å². The molecule has 4 heteroatoms. The topological polar surface area (TPSA) is 42.7 Å². The summed E-state index contributed by atoms with van der Waals surface area (Å²) in [7, 11) is 0. The fourth-order valence-corrected chi connectivity index (χ4v) is 2.91. The zero-order chi connectivity index (χ0) is 15.1. The molecule has 0 N–H and O–H groups in total. The molecule has 22 heavy (non-hydrogen) atoms. The maximum absolute atomic E-state index is 11.6. The molecule has 3 aromatic rings. The van der Waals surface area contributed by atoms with Gasteiger partial charge in [0.25, 0.3) is 0 Å². The van der Waals surface area contributed by atoms with Gasteiger partial charge < -0.3 is 14.1 Å². The molecular weight excluding hydrogens is 278 g/mol. The summed E-state index contributed by atoms with van der Waals surface area (Å²) >= 11 is 0. The third-order valence-electron chi connectivity index (χ3n) is 4.03. The first-order valence-corrected chi connectivity index (χ1v) is 7.21. The Kier molecular flexibility index (Phi) is 2.89. The second-order valence-electron chi connectivity index (χ2n) is 5.47. The summed E-state index contributed by atoms with van der Waals surface area (Å²) in [5.74, 6) is 0.784. The first-order chi connectivity index (χ1) is 10.7. The van der Waals surface area contributed by atoms with Crippen LogP contribution in [0.3, 0.4) is 0 Å². The average molecular weight is 293 g/mol. The largest absolute Gasteiger partial charge is 0.473 e. The number of anilines is 1. The standard InChI is InChI=1S/C18H15NO3/c1-12-4-2-3-5-15(12)19-10-14-16(21-11-19)8-6-13-7-9-17(20)22-18(13)14/h2-9H,10-11H2,1H3. The van der Waals surface area contributed by atoms with Crippen LogP contribution in [0.5, 0.6) is 5.75 Å². The van der Waals surface area contributed by atoms with Crippen LogP contribution >= 0.6 is 0 Å². The Bertz CT molecular complexity index is 914. The Morgan fingerprint density at radius 3 is 2.73 bits per heavy atom. The van der Waals surface area contributed by atoms with E-state index in [0.717, 1.165) is 22.4 Å². The summed E-state index contributed by atoms with van der Waals surface area (Å²) in [6, 6.07) is 15.3. The van der Waals surface area contributed by atoms with E-state index < -0.39 is 0 Å². The predicted octanol–water partition coefficient (Wildman–Crippen LogP) is 3.46. The second-order valence-corrected chi connectivity index (χ2v) is 5.47. The molecule has 2 heterocycles. The van der Waals surface area contributed by atoms with Crippen molar-refractivity contribution in [2.75, 3.05) is 11.6 Å². The molecule has 110 valence electrons. The molecule has 0 spiro atoms. The van der Waals surface area contributed by atoms with Crippen LogP contribution in [0.25, 0.3) is 11.0 Å². The smallest absolute Gasteiger partial charge is 0.336 e. The monoisotopic (exact) mass is 293 g/mol. The molecule has 2 aromatic carbocycles. The number of rotatable bonds is 1. The zero-order valence-electron chi connectivity index (χ0n) is 12.2. The van der Waals surface area contributed by atoms with Gasteiger partial charge in [0, 0.05) is 17.1 Å². The first kappa shape index (κ1) is 13.0. The van der Waals surface area contributed by atoms with Gasteiger partial charge in [0.05, 0.1) is 12.1 Å². The molecule has 4 rings (SSSR count). The number of benzene rings is 2. The molecule has 1 aliphatic heterocycles. The minimum atomic E-state index is -0.339. The van der Waals surface area contributed by atoms with Crippen molar-refractivity contribution in [3.63, 3.8) is 0 Å². The fourth-order valence-electron chi connectivity index (χ4n) is 2.91. The molecule has 4 nitrogen and oxygen atoms in total. The van der Waals surface area contributed by atoms with Crippen LogP contribution in [0.4, 0.5) is 5.69 Å². The Balaban J connectivity index is 1.84. The molecule has 0 saturated heterocycles. The van der Waals surface area contributed by atoms with E-state index in [-0.39, 0.29) is 5.63 Å². The molecule has 1 aromatic heterocycles. The molecule has 0 saturated carbocycles. The second kappa shape index (κ2) is 4.91. The third-order valence-corrected chi connectivity index (χ3v) is 4.03. The van der Waals surface area contributed by atoms with E-state index in [4.69, 9.17) is 9.15 Å². The van der Waals surface area contributed by atoms with Gasteiger partial charge in [-0.05, 0) is 36.8 Å². The lowest BCUT2D eigenvalue weighted by molar-refractivity contribution is 0.289. The molecule has 1 aliphatic rings. The van der Waals surface area contributed by atoms with Gasteiger partial charge in [-0.2, -0.15) is 0 Å². The summed E-state index contributed by atoms with van der Waals surface area (Å²) in [5, 5.41) is 0.911. The number of nitrogens with zero attached hydrogens (tertiary/aromatic N) is 1. The normalized spacial score (nSPS) is 13.8. The number of fused-ring (bicyclic) bond motifs is 3. The van der Waals surface area contributed by atoms with Crippen LogP contribution in [-0.2, 0) is 6.54 Å². The van der Waals surface area contributed by atoms with Gasteiger partial charge in [-0.25, -0.2) is 4.79 Å². The number of hydrogen-bond acceptors (Lipinski definition) is 4. The molecule has 0 aliphatic carbocycles. The van der Waals surface area contributed by atoms with Gasteiger partial charge in [0.1, 0.15) is 11.3 Å². The van der Waals surface area contributed by atoms with Crippen LogP contribution < -0.4 is 15.3 Å². The average Bonchev–Trinajstić information content (AvgIpc) is 2.55. The highest BCUT2D eigenvalue weighted by Crippen LogP contribution is 2.34. The van der Waals surface area contributed by atoms with Crippen molar-refractivity contribution < 1.29 is 9.15 Å². The number of hydrogen-bond donors (Lipinski definition) is 0. The first-order valence-electron chi connectivity index (χ1n) is 7.21. The van der Waals surface area contributed by atoms with Gasteiger partial charge in [-0.1, -0.05) is 18.2 Å². The Labute approximate surface area is 127 Å². The predicted molar refractivity (Wildman–Crippen MR) is 85.3 cm³/mol. The Morgan fingerprint density at radius 2 is 1.86 bits per heavy atom. The van der Waals surface area contributed by atoms with Crippen LogP contribution in [0.2, 0.25) is 0 Å². The van der Waals surface area contributed by atoms with Gasteiger partial charge in [-0.3, -0.25) is 0 Å². The minimum Gasteiger partial charge on any atom is -0.473 e. The number of para-hydroxylation sites is 1. The Morgan fingerprint density at radius 1 is 1.05 bits per heavy atom. The van der Waals surface area contributed by atoms with E-state index in [1.807, 2.05) is 24.3 Å². The molecule has 0 bridgehead atoms. The molecular formula is C18H15NO3. The highest BCUT2D eigenvalue weighted by Gasteiger charge is 2.22. The van der Waals surface area contributed by atoms with E-state index in [0.29, 0.717) is 18.9 Å². The van der Waals surface area contributed by atoms with Crippen LogP contribution in [-0.4, -0.2) is 6.73 Å². The third kappa shape index (κ3) is 2.04. The highest BCUT2D eigenvalue weighted by atomic mass is 16.5. The van der Waals surface area contributed by atoms with E-state index in [9.17, 15) is 4.79 Å². The zero-order valence-corrected chi connectivity index (χ0v) is 12.2. The van der Waals surface area contributed by atoms with Crippen molar-refractivity contribution in [1.29, 1.82) is 0 Å². The minimum absolute atomic E-state index is 0.339. The summed E-state index contributed by atoms with van der Waals surface area (Å²) < 4.78 is 11.3. The lowest BCUT2D eigenvalue weighted by atomic mass is 10.1. The highest BCUT2D eigenvalue weighted by molar-refractivity contribution is 5.82. The van der Waals surface area contributed by atoms with Gasteiger partial charge >= 0.3 is 5.63 Å². The Hall–Kier alpha value is -2.75. The fraction of sp³-hybridized carbons (Fsp3) is 0.167. The van der Waals surface area contributed by atoms with E-state index in [1.54, 1.807) is 6.07 Å². The van der Waals surface area contributed by atoms with Crippen LogP contribution in [0.15, 0.2) is 57.7 Å². The van der Waals surface area contributed by atoms with Crippen LogP contribution in [0.1, 0.15) is 11.1 Å². The van der Waals surface area contributed by atoms with Crippen molar-refractivity contribution in [2.45, 2.75) is 13.5 Å². The van der Waals surface area contributed by atoms with Crippen molar-refractivity contribution in [3.8, 4) is 5.75 Å². The summed E-state index contributed by atoms with van der Waals surface area (Å²) in [5.41, 5.74) is 3.52. The van der Waals surface area contributed by atoms with Gasteiger partial charge in [0.2, 0.25) is 0 Å².